The van der Waals surface area contributed by atoms with Crippen molar-refractivity contribution in [2.75, 3.05) is 7.11 Å². The van der Waals surface area contributed by atoms with E-state index >= 15 is 0 Å². The Labute approximate surface area is 132 Å². The van der Waals surface area contributed by atoms with Gasteiger partial charge in [-0.05, 0) is 49.6 Å². The van der Waals surface area contributed by atoms with Crippen LogP contribution in [-0.4, -0.2) is 15.5 Å². The third-order valence-corrected chi connectivity index (χ3v) is 5.51. The number of nitrogens with one attached hydrogen (secondary N) is 1. The summed E-state index contributed by atoms with van der Waals surface area (Å²) in [6.07, 6.45) is 0. The maximum atomic E-state index is 12.6. The lowest BCUT2D eigenvalue weighted by Gasteiger charge is -2.17. The molecule has 0 aliphatic heterocycles. The second kappa shape index (κ2) is 6.50. The summed E-state index contributed by atoms with van der Waals surface area (Å²) in [5.41, 5.74) is 2.46. The second-order valence-corrected chi connectivity index (χ2v) is 6.95. The SMILES string of the molecule is COc1ccc(S(=O)(=O)NC(C)c2ccccc2)c(C)c1C. The van der Waals surface area contributed by atoms with Gasteiger partial charge in [0.25, 0.3) is 0 Å². The summed E-state index contributed by atoms with van der Waals surface area (Å²) in [6, 6.07) is 12.5. The standard InChI is InChI=1S/C17H21NO3S/c1-12-13(2)17(11-10-16(12)21-4)22(19,20)18-14(3)15-8-6-5-7-9-15/h5-11,14,18H,1-4H3. The Balaban J connectivity index is 2.34. The van der Waals surface area contributed by atoms with E-state index in [9.17, 15) is 8.42 Å². The average molecular weight is 319 g/mol. The molecule has 0 radical (unpaired) electrons. The van der Waals surface area contributed by atoms with Crippen LogP contribution in [0.3, 0.4) is 0 Å². The number of methoxy groups -OCH3 is 1. The van der Waals surface area contributed by atoms with Crippen LogP contribution in [0.25, 0.3) is 0 Å². The van der Waals surface area contributed by atoms with Crippen LogP contribution in [0.5, 0.6) is 5.75 Å². The molecule has 4 nitrogen and oxygen atoms in total. The van der Waals surface area contributed by atoms with Crippen LogP contribution in [-0.2, 0) is 10.0 Å². The first-order chi connectivity index (χ1) is 10.4. The van der Waals surface area contributed by atoms with E-state index in [1.54, 1.807) is 26.2 Å². The monoisotopic (exact) mass is 319 g/mol. The molecule has 0 heterocycles. The maximum Gasteiger partial charge on any atom is 0.241 e. The molecule has 0 aliphatic rings. The molecular formula is C17H21NO3S. The van der Waals surface area contributed by atoms with E-state index in [0.717, 1.165) is 11.1 Å². The molecule has 0 fully saturated rings. The molecule has 0 spiro atoms. The molecule has 0 saturated carbocycles. The molecule has 22 heavy (non-hydrogen) atoms. The van der Waals surface area contributed by atoms with Crippen LogP contribution >= 0.6 is 0 Å². The quantitative estimate of drug-likeness (QED) is 0.919. The van der Waals surface area contributed by atoms with Crippen molar-refractivity contribution >= 4 is 10.0 Å². The van der Waals surface area contributed by atoms with E-state index in [0.29, 0.717) is 11.3 Å². The van der Waals surface area contributed by atoms with Gasteiger partial charge in [0.05, 0.1) is 12.0 Å². The minimum absolute atomic E-state index is 0.286. The lowest BCUT2D eigenvalue weighted by molar-refractivity contribution is 0.410. The van der Waals surface area contributed by atoms with Gasteiger partial charge in [0.1, 0.15) is 5.75 Å². The van der Waals surface area contributed by atoms with Crippen LogP contribution in [0.2, 0.25) is 0 Å². The van der Waals surface area contributed by atoms with Gasteiger partial charge in [-0.3, -0.25) is 0 Å². The number of hydrogen-bond acceptors (Lipinski definition) is 3. The zero-order valence-electron chi connectivity index (χ0n) is 13.3. The Morgan fingerprint density at radius 1 is 1.00 bits per heavy atom. The summed E-state index contributed by atoms with van der Waals surface area (Å²) in [4.78, 5) is 0.286. The highest BCUT2D eigenvalue weighted by atomic mass is 32.2. The molecule has 0 bridgehead atoms. The molecule has 0 aliphatic carbocycles. The molecule has 1 unspecified atom stereocenters. The van der Waals surface area contributed by atoms with Gasteiger partial charge in [-0.1, -0.05) is 30.3 Å². The van der Waals surface area contributed by atoms with E-state index in [1.165, 1.54) is 0 Å². The van der Waals surface area contributed by atoms with Crippen LogP contribution in [0, 0.1) is 13.8 Å². The molecule has 0 aromatic heterocycles. The van der Waals surface area contributed by atoms with Crippen LogP contribution in [0.15, 0.2) is 47.4 Å². The lowest BCUT2D eigenvalue weighted by atomic mass is 10.1. The molecule has 0 amide bonds. The number of rotatable bonds is 5. The molecule has 2 aromatic rings. The summed E-state index contributed by atoms with van der Waals surface area (Å²) in [5.74, 6) is 0.688. The Kier molecular flexibility index (Phi) is 4.88. The minimum atomic E-state index is -3.59. The summed E-state index contributed by atoms with van der Waals surface area (Å²) < 4.78 is 33.2. The predicted molar refractivity (Wildman–Crippen MR) is 87.6 cm³/mol. The van der Waals surface area contributed by atoms with Gasteiger partial charge in [-0.25, -0.2) is 13.1 Å². The molecule has 1 N–H and O–H groups in total. The van der Waals surface area contributed by atoms with Crippen molar-refractivity contribution in [3.05, 3.63) is 59.2 Å². The van der Waals surface area contributed by atoms with E-state index in [2.05, 4.69) is 4.72 Å². The van der Waals surface area contributed by atoms with Crippen molar-refractivity contribution in [2.45, 2.75) is 31.7 Å². The van der Waals surface area contributed by atoms with Gasteiger partial charge in [0, 0.05) is 6.04 Å². The third kappa shape index (κ3) is 3.31. The number of ether oxygens (including phenoxy) is 1. The van der Waals surface area contributed by atoms with Gasteiger partial charge in [-0.15, -0.1) is 0 Å². The highest BCUT2D eigenvalue weighted by Gasteiger charge is 2.22. The van der Waals surface area contributed by atoms with Gasteiger partial charge < -0.3 is 4.74 Å². The number of sulfonamides is 1. The average Bonchev–Trinajstić information content (AvgIpc) is 2.50. The zero-order chi connectivity index (χ0) is 16.3. The van der Waals surface area contributed by atoms with E-state index in [4.69, 9.17) is 4.74 Å². The van der Waals surface area contributed by atoms with Crippen LogP contribution < -0.4 is 9.46 Å². The topological polar surface area (TPSA) is 55.4 Å². The summed E-state index contributed by atoms with van der Waals surface area (Å²) in [6.45, 7) is 5.48. The van der Waals surface area contributed by atoms with Crippen molar-refractivity contribution in [3.8, 4) is 5.75 Å². The number of benzene rings is 2. The van der Waals surface area contributed by atoms with Crippen LogP contribution in [0.1, 0.15) is 29.7 Å². The molecule has 118 valence electrons. The fourth-order valence-electron chi connectivity index (χ4n) is 2.39. The largest absolute Gasteiger partial charge is 0.496 e. The Bertz CT molecular complexity index is 755. The normalized spacial score (nSPS) is 12.9. The highest BCUT2D eigenvalue weighted by molar-refractivity contribution is 7.89. The predicted octanol–water partition coefficient (Wildman–Crippen LogP) is 3.35. The van der Waals surface area contributed by atoms with Gasteiger partial charge >= 0.3 is 0 Å². The summed E-state index contributed by atoms with van der Waals surface area (Å²) >= 11 is 0. The first-order valence-electron chi connectivity index (χ1n) is 7.08. The smallest absolute Gasteiger partial charge is 0.241 e. The lowest BCUT2D eigenvalue weighted by Crippen LogP contribution is -2.27. The van der Waals surface area contributed by atoms with Crippen LogP contribution in [0.4, 0.5) is 0 Å². The second-order valence-electron chi connectivity index (χ2n) is 5.27. The molecule has 0 saturated heterocycles. The van der Waals surface area contributed by atoms with E-state index in [1.807, 2.05) is 44.2 Å². The first kappa shape index (κ1) is 16.5. The zero-order valence-corrected chi connectivity index (χ0v) is 14.1. The van der Waals surface area contributed by atoms with Crippen molar-refractivity contribution in [1.29, 1.82) is 0 Å². The Morgan fingerprint density at radius 3 is 2.23 bits per heavy atom. The van der Waals surface area contributed by atoms with Crippen molar-refractivity contribution in [2.24, 2.45) is 0 Å². The van der Waals surface area contributed by atoms with Crippen molar-refractivity contribution in [3.63, 3.8) is 0 Å². The molecule has 2 rings (SSSR count). The maximum absolute atomic E-state index is 12.6. The highest BCUT2D eigenvalue weighted by Crippen LogP contribution is 2.27. The van der Waals surface area contributed by atoms with E-state index < -0.39 is 10.0 Å². The summed E-state index contributed by atoms with van der Waals surface area (Å²) in [5, 5.41) is 0. The third-order valence-electron chi connectivity index (χ3n) is 3.83. The Morgan fingerprint density at radius 2 is 1.64 bits per heavy atom. The fraction of sp³-hybridized carbons (Fsp3) is 0.294. The molecule has 5 heteroatoms. The van der Waals surface area contributed by atoms with Gasteiger partial charge in [-0.2, -0.15) is 0 Å². The van der Waals surface area contributed by atoms with E-state index in [-0.39, 0.29) is 10.9 Å². The number of hydrogen-bond donors (Lipinski definition) is 1. The van der Waals surface area contributed by atoms with Gasteiger partial charge in [0.15, 0.2) is 0 Å². The van der Waals surface area contributed by atoms with Crippen molar-refractivity contribution in [1.82, 2.24) is 4.72 Å². The minimum Gasteiger partial charge on any atom is -0.496 e. The summed E-state index contributed by atoms with van der Waals surface area (Å²) in [7, 11) is -2.02. The molecular weight excluding hydrogens is 298 g/mol. The van der Waals surface area contributed by atoms with Crippen molar-refractivity contribution < 1.29 is 13.2 Å². The Hall–Kier alpha value is -1.85. The van der Waals surface area contributed by atoms with Gasteiger partial charge in [0.2, 0.25) is 10.0 Å². The fourth-order valence-corrected chi connectivity index (χ4v) is 3.92. The molecule has 1 atom stereocenters. The first-order valence-corrected chi connectivity index (χ1v) is 8.56. The molecule has 2 aromatic carbocycles.